The smallest absolute Gasteiger partial charge is 0.236 e. The van der Waals surface area contributed by atoms with Gasteiger partial charge in [0, 0.05) is 63.7 Å². The molecule has 0 aliphatic carbocycles. The van der Waals surface area contributed by atoms with E-state index in [0.717, 1.165) is 52.4 Å². The zero-order chi connectivity index (χ0) is 20.2. The lowest BCUT2D eigenvalue weighted by molar-refractivity contribution is -0.132. The third-order valence-electron chi connectivity index (χ3n) is 6.40. The summed E-state index contributed by atoms with van der Waals surface area (Å²) in [5.74, 6) is 0.277. The first-order chi connectivity index (χ1) is 14.1. The van der Waals surface area contributed by atoms with Gasteiger partial charge in [0.05, 0.1) is 6.54 Å². The highest BCUT2D eigenvalue weighted by Crippen LogP contribution is 2.24. The van der Waals surface area contributed by atoms with Gasteiger partial charge in [-0.1, -0.05) is 30.3 Å². The lowest BCUT2D eigenvalue weighted by Gasteiger charge is -2.39. The molecule has 0 N–H and O–H groups in total. The topological polar surface area (TPSA) is 30.0 Å². The summed E-state index contributed by atoms with van der Waals surface area (Å²) in [6, 6.07) is 17.0. The van der Waals surface area contributed by atoms with E-state index in [1.807, 2.05) is 4.90 Å². The molecule has 0 saturated carbocycles. The molecule has 2 fully saturated rings. The second-order valence-corrected chi connectivity index (χ2v) is 8.19. The first-order valence-electron chi connectivity index (χ1n) is 10.7. The molecule has 154 valence electrons. The van der Waals surface area contributed by atoms with Crippen molar-refractivity contribution in [1.29, 1.82) is 0 Å². The number of hydrogen-bond acceptors (Lipinski definition) is 4. The van der Waals surface area contributed by atoms with Crippen molar-refractivity contribution in [3.8, 4) is 0 Å². The van der Waals surface area contributed by atoms with Crippen LogP contribution in [0.4, 0.5) is 11.4 Å². The third-order valence-corrected chi connectivity index (χ3v) is 6.40. The van der Waals surface area contributed by atoms with Crippen LogP contribution in [0.1, 0.15) is 11.1 Å². The number of benzene rings is 2. The number of amides is 1. The van der Waals surface area contributed by atoms with Crippen LogP contribution in [0.3, 0.4) is 0 Å². The number of rotatable bonds is 4. The van der Waals surface area contributed by atoms with Crippen LogP contribution in [0.5, 0.6) is 0 Å². The summed E-state index contributed by atoms with van der Waals surface area (Å²) < 4.78 is 0. The summed E-state index contributed by atoms with van der Waals surface area (Å²) in [6.45, 7) is 12.2. The van der Waals surface area contributed by atoms with E-state index in [9.17, 15) is 4.79 Å². The zero-order valence-corrected chi connectivity index (χ0v) is 17.7. The largest absolute Gasteiger partial charge is 0.369 e. The molecule has 5 nitrogen and oxygen atoms in total. The van der Waals surface area contributed by atoms with E-state index >= 15 is 0 Å². The molecule has 2 aliphatic rings. The van der Waals surface area contributed by atoms with Gasteiger partial charge in [0.25, 0.3) is 0 Å². The number of carbonyl (C=O) groups excluding carboxylic acids is 1. The molecule has 29 heavy (non-hydrogen) atoms. The maximum absolute atomic E-state index is 12.8. The summed E-state index contributed by atoms with van der Waals surface area (Å²) in [6.07, 6.45) is 0. The molecule has 0 radical (unpaired) electrons. The van der Waals surface area contributed by atoms with Crippen LogP contribution < -0.4 is 9.80 Å². The Labute approximate surface area is 174 Å². The summed E-state index contributed by atoms with van der Waals surface area (Å²) in [7, 11) is 0. The molecule has 0 aromatic heterocycles. The summed E-state index contributed by atoms with van der Waals surface area (Å²) in [5.41, 5.74) is 5.27. The van der Waals surface area contributed by atoms with E-state index < -0.39 is 0 Å². The molecule has 5 heteroatoms. The second kappa shape index (κ2) is 8.87. The first kappa shape index (κ1) is 19.8. The lowest BCUT2D eigenvalue weighted by atomic mass is 10.1. The van der Waals surface area contributed by atoms with E-state index in [1.165, 1.54) is 22.5 Å². The monoisotopic (exact) mass is 392 g/mol. The quantitative estimate of drug-likeness (QED) is 0.800. The van der Waals surface area contributed by atoms with E-state index in [1.54, 1.807) is 0 Å². The third kappa shape index (κ3) is 4.56. The molecule has 2 aliphatic heterocycles. The van der Waals surface area contributed by atoms with Crippen molar-refractivity contribution in [3.05, 3.63) is 59.7 Å². The number of anilines is 2. The van der Waals surface area contributed by atoms with E-state index in [4.69, 9.17) is 0 Å². The molecule has 4 rings (SSSR count). The molecule has 0 atom stereocenters. The van der Waals surface area contributed by atoms with Crippen LogP contribution in [-0.2, 0) is 4.79 Å². The summed E-state index contributed by atoms with van der Waals surface area (Å²) >= 11 is 0. The molecule has 2 saturated heterocycles. The molecular weight excluding hydrogens is 360 g/mol. The minimum atomic E-state index is 0.277. The number of para-hydroxylation sites is 1. The summed E-state index contributed by atoms with van der Waals surface area (Å²) in [5, 5.41) is 0. The van der Waals surface area contributed by atoms with Crippen molar-refractivity contribution in [3.63, 3.8) is 0 Å². The maximum Gasteiger partial charge on any atom is 0.236 e. The van der Waals surface area contributed by atoms with E-state index in [0.29, 0.717) is 6.54 Å². The van der Waals surface area contributed by atoms with Crippen molar-refractivity contribution in [1.82, 2.24) is 9.80 Å². The van der Waals surface area contributed by atoms with Crippen molar-refractivity contribution in [2.45, 2.75) is 13.8 Å². The SMILES string of the molecule is Cc1cccc(N2CCN(C(=O)CN3CCN(c4ccccc4)CC3)CC2)c1C. The van der Waals surface area contributed by atoms with Gasteiger partial charge in [-0.25, -0.2) is 0 Å². The van der Waals surface area contributed by atoms with E-state index in [-0.39, 0.29) is 5.91 Å². The summed E-state index contributed by atoms with van der Waals surface area (Å²) in [4.78, 5) is 22.0. The Hall–Kier alpha value is -2.53. The van der Waals surface area contributed by atoms with Crippen molar-refractivity contribution in [2.24, 2.45) is 0 Å². The minimum Gasteiger partial charge on any atom is -0.369 e. The highest BCUT2D eigenvalue weighted by atomic mass is 16.2. The fourth-order valence-corrected chi connectivity index (χ4v) is 4.37. The Bertz CT molecular complexity index is 822. The number of piperazine rings is 2. The van der Waals surface area contributed by atoms with Gasteiger partial charge in [-0.2, -0.15) is 0 Å². The molecule has 2 aromatic rings. The van der Waals surface area contributed by atoms with Gasteiger partial charge in [0.15, 0.2) is 0 Å². The number of hydrogen-bond donors (Lipinski definition) is 0. The molecule has 1 amide bonds. The van der Waals surface area contributed by atoms with Crippen LogP contribution >= 0.6 is 0 Å². The Morgan fingerprint density at radius 3 is 2.10 bits per heavy atom. The van der Waals surface area contributed by atoms with Crippen molar-refractivity contribution >= 4 is 17.3 Å². The van der Waals surface area contributed by atoms with Crippen molar-refractivity contribution < 1.29 is 4.79 Å². The number of carbonyl (C=O) groups is 1. The van der Waals surface area contributed by atoms with Gasteiger partial charge in [0.1, 0.15) is 0 Å². The van der Waals surface area contributed by atoms with Gasteiger partial charge in [-0.3, -0.25) is 9.69 Å². The fraction of sp³-hybridized carbons (Fsp3) is 0.458. The average molecular weight is 393 g/mol. The Kier molecular flexibility index (Phi) is 6.05. The van der Waals surface area contributed by atoms with Gasteiger partial charge in [-0.05, 0) is 43.2 Å². The molecule has 0 unspecified atom stereocenters. The van der Waals surface area contributed by atoms with E-state index in [2.05, 4.69) is 77.1 Å². The first-order valence-corrected chi connectivity index (χ1v) is 10.7. The Morgan fingerprint density at radius 1 is 0.759 bits per heavy atom. The molecule has 2 heterocycles. The predicted molar refractivity (Wildman–Crippen MR) is 120 cm³/mol. The molecule has 0 bridgehead atoms. The minimum absolute atomic E-state index is 0.277. The van der Waals surface area contributed by atoms with Crippen LogP contribution in [0.25, 0.3) is 0 Å². The highest BCUT2D eigenvalue weighted by molar-refractivity contribution is 5.78. The fourth-order valence-electron chi connectivity index (χ4n) is 4.37. The van der Waals surface area contributed by atoms with Gasteiger partial charge in [-0.15, -0.1) is 0 Å². The van der Waals surface area contributed by atoms with Crippen LogP contribution in [0.2, 0.25) is 0 Å². The number of nitrogens with zero attached hydrogens (tertiary/aromatic N) is 4. The van der Waals surface area contributed by atoms with Crippen molar-refractivity contribution in [2.75, 3.05) is 68.7 Å². The zero-order valence-electron chi connectivity index (χ0n) is 17.7. The lowest BCUT2D eigenvalue weighted by Crippen LogP contribution is -2.54. The Balaban J connectivity index is 1.25. The predicted octanol–water partition coefficient (Wildman–Crippen LogP) is 2.77. The van der Waals surface area contributed by atoms with Gasteiger partial charge >= 0.3 is 0 Å². The average Bonchev–Trinajstić information content (AvgIpc) is 2.77. The second-order valence-electron chi connectivity index (χ2n) is 8.19. The highest BCUT2D eigenvalue weighted by Gasteiger charge is 2.25. The van der Waals surface area contributed by atoms with Gasteiger partial charge in [0.2, 0.25) is 5.91 Å². The number of aryl methyl sites for hydroxylation is 1. The molecular formula is C24H32N4O. The van der Waals surface area contributed by atoms with Crippen LogP contribution in [-0.4, -0.2) is 74.6 Å². The van der Waals surface area contributed by atoms with Crippen LogP contribution in [0.15, 0.2) is 48.5 Å². The maximum atomic E-state index is 12.8. The normalized spacial score (nSPS) is 18.2. The molecule has 2 aromatic carbocycles. The standard InChI is InChI=1S/C24H32N4O/c1-20-7-6-10-23(21(20)2)27-15-17-28(18-16-27)24(29)19-25-11-13-26(14-12-25)22-8-4-3-5-9-22/h3-10H,11-19H2,1-2H3. The van der Waals surface area contributed by atoms with Crippen LogP contribution in [0, 0.1) is 13.8 Å². The van der Waals surface area contributed by atoms with Gasteiger partial charge < -0.3 is 14.7 Å². The molecule has 0 spiro atoms. The Morgan fingerprint density at radius 2 is 1.41 bits per heavy atom.